The Kier molecular flexibility index (Phi) is 4.92. The zero-order valence-corrected chi connectivity index (χ0v) is 13.7. The van der Waals surface area contributed by atoms with Gasteiger partial charge < -0.3 is 5.92 Å². The summed E-state index contributed by atoms with van der Waals surface area (Å²) in [4.78, 5) is 0. The first-order valence-electron chi connectivity index (χ1n) is 5.63. The van der Waals surface area contributed by atoms with Crippen LogP contribution < -0.4 is 0 Å². The minimum absolute atomic E-state index is 0. The number of hydrogen-bond donors (Lipinski definition) is 0. The predicted molar refractivity (Wildman–Crippen MR) is 59.4 cm³/mol. The van der Waals surface area contributed by atoms with E-state index in [4.69, 9.17) is 0 Å². The van der Waals surface area contributed by atoms with E-state index >= 15 is 0 Å². The van der Waals surface area contributed by atoms with Crippen molar-refractivity contribution in [2.45, 2.75) is 48.5 Å². The molecule has 14 heavy (non-hydrogen) atoms. The first kappa shape index (κ1) is 14.7. The van der Waals surface area contributed by atoms with Gasteiger partial charge in [0.1, 0.15) is 0 Å². The van der Waals surface area contributed by atoms with Crippen LogP contribution in [0.5, 0.6) is 0 Å². The van der Waals surface area contributed by atoms with Crippen molar-refractivity contribution in [1.82, 2.24) is 0 Å². The Bertz CT molecular complexity index is 168. The molecule has 82 valence electrons. The molecular weight excluding hydrogens is 340 g/mol. The molecule has 0 bridgehead atoms. The Morgan fingerprint density at radius 3 is 1.86 bits per heavy atom. The summed E-state index contributed by atoms with van der Waals surface area (Å²) in [5.74, 6) is 4.95. The summed E-state index contributed by atoms with van der Waals surface area (Å²) in [6.45, 7) is 16.8. The summed E-state index contributed by atoms with van der Waals surface area (Å²) in [5.41, 5.74) is 0.482. The van der Waals surface area contributed by atoms with Crippen molar-refractivity contribution in [3.8, 4) is 0 Å². The van der Waals surface area contributed by atoms with Gasteiger partial charge >= 0.3 is 21.1 Å². The summed E-state index contributed by atoms with van der Waals surface area (Å²) in [6.07, 6.45) is 0. The van der Waals surface area contributed by atoms with Gasteiger partial charge in [-0.15, -0.1) is 0 Å². The molecule has 1 aliphatic carbocycles. The van der Waals surface area contributed by atoms with Crippen LogP contribution in [0.4, 0.5) is 0 Å². The average Bonchev–Trinajstić information content (AvgIpc) is 2.09. The van der Waals surface area contributed by atoms with Gasteiger partial charge in [0.25, 0.3) is 0 Å². The quantitative estimate of drug-likeness (QED) is 0.566. The molecule has 4 atom stereocenters. The number of hydrogen-bond acceptors (Lipinski definition) is 0. The van der Waals surface area contributed by atoms with E-state index in [2.05, 4.69) is 48.5 Å². The van der Waals surface area contributed by atoms with Gasteiger partial charge in [-0.1, -0.05) is 52.9 Å². The normalized spacial score (nSPS) is 43.1. The van der Waals surface area contributed by atoms with Crippen LogP contribution in [-0.4, -0.2) is 0 Å². The van der Waals surface area contributed by atoms with Gasteiger partial charge in [-0.25, -0.2) is 0 Å². The molecule has 0 nitrogen and oxygen atoms in total. The second-order valence-corrected chi connectivity index (χ2v) is 5.72. The Labute approximate surface area is 105 Å². The van der Waals surface area contributed by atoms with E-state index in [1.807, 2.05) is 0 Å². The third-order valence-corrected chi connectivity index (χ3v) is 5.27. The molecule has 1 heteroatoms. The SMILES string of the molecule is C[C-]1C(C)C(C)C(C)C(C)(C)C1C.[W+2]. The maximum absolute atomic E-state index is 2.42. The van der Waals surface area contributed by atoms with Crippen molar-refractivity contribution in [3.63, 3.8) is 0 Å². The van der Waals surface area contributed by atoms with Crippen LogP contribution in [0.3, 0.4) is 0 Å². The molecule has 0 N–H and O–H groups in total. The fraction of sp³-hybridized carbons (Fsp3) is 0.923. The number of rotatable bonds is 0. The first-order chi connectivity index (χ1) is 5.80. The standard InChI is InChI=1S/C13H25.W/c1-8-9(2)11(4)13(6,7)12(5)10(8)3;/h8-9,11-12H,1-7H3;/q-1;+2. The molecule has 0 aromatic rings. The van der Waals surface area contributed by atoms with Crippen molar-refractivity contribution < 1.29 is 21.1 Å². The van der Waals surface area contributed by atoms with Gasteiger partial charge in [0, 0.05) is 0 Å². The largest absolute Gasteiger partial charge is 2.00 e. The summed E-state index contributed by atoms with van der Waals surface area (Å²) in [6, 6.07) is 0. The Hall–Kier alpha value is 0.688. The minimum atomic E-state index is 0. The zero-order valence-electron chi connectivity index (χ0n) is 10.7. The summed E-state index contributed by atoms with van der Waals surface area (Å²) in [5, 5.41) is 0. The van der Waals surface area contributed by atoms with Crippen molar-refractivity contribution in [2.24, 2.45) is 29.1 Å². The van der Waals surface area contributed by atoms with E-state index < -0.39 is 0 Å². The maximum Gasteiger partial charge on any atom is 2.00 e. The minimum Gasteiger partial charge on any atom is -0.310 e. The molecule has 0 aromatic heterocycles. The molecule has 1 fully saturated rings. The Balaban J connectivity index is 0.00000169. The molecule has 1 aliphatic rings. The molecule has 0 heterocycles. The second-order valence-electron chi connectivity index (χ2n) is 5.72. The fourth-order valence-electron chi connectivity index (χ4n) is 2.90. The van der Waals surface area contributed by atoms with Crippen LogP contribution in [0.25, 0.3) is 0 Å². The molecule has 0 aliphatic heterocycles. The molecule has 0 aromatic carbocycles. The zero-order chi connectivity index (χ0) is 10.4. The second kappa shape index (κ2) is 4.68. The molecule has 4 unspecified atom stereocenters. The van der Waals surface area contributed by atoms with Gasteiger partial charge in [-0.2, -0.15) is 18.8 Å². The van der Waals surface area contributed by atoms with E-state index in [1.165, 1.54) is 0 Å². The van der Waals surface area contributed by atoms with Gasteiger partial charge in [0.15, 0.2) is 0 Å². The molecule has 1 saturated carbocycles. The van der Waals surface area contributed by atoms with E-state index in [0.29, 0.717) is 5.41 Å². The molecule has 0 amide bonds. The van der Waals surface area contributed by atoms with E-state index in [-0.39, 0.29) is 21.1 Å². The topological polar surface area (TPSA) is 0 Å². The van der Waals surface area contributed by atoms with Crippen molar-refractivity contribution in [3.05, 3.63) is 5.92 Å². The van der Waals surface area contributed by atoms with Gasteiger partial charge in [-0.3, -0.25) is 0 Å². The van der Waals surface area contributed by atoms with Crippen LogP contribution in [-0.2, 0) is 21.1 Å². The van der Waals surface area contributed by atoms with E-state index in [1.54, 1.807) is 5.92 Å². The van der Waals surface area contributed by atoms with Crippen LogP contribution in [0.15, 0.2) is 0 Å². The predicted octanol–water partition coefficient (Wildman–Crippen LogP) is 4.16. The Morgan fingerprint density at radius 1 is 1.00 bits per heavy atom. The van der Waals surface area contributed by atoms with Crippen molar-refractivity contribution >= 4 is 0 Å². The Morgan fingerprint density at radius 2 is 1.43 bits per heavy atom. The third-order valence-electron chi connectivity index (χ3n) is 5.27. The first-order valence-corrected chi connectivity index (χ1v) is 5.63. The molecule has 1 rings (SSSR count). The summed E-state index contributed by atoms with van der Waals surface area (Å²) >= 11 is 0. The van der Waals surface area contributed by atoms with Gasteiger partial charge in [0.05, 0.1) is 0 Å². The molecule has 0 spiro atoms. The maximum atomic E-state index is 2.42. The smallest absolute Gasteiger partial charge is 0.310 e. The molecular formula is C13H25W+. The summed E-state index contributed by atoms with van der Waals surface area (Å²) in [7, 11) is 0. The monoisotopic (exact) mass is 365 g/mol. The van der Waals surface area contributed by atoms with Crippen LogP contribution in [0, 0.1) is 35.0 Å². The molecule has 0 radical (unpaired) electrons. The van der Waals surface area contributed by atoms with Crippen molar-refractivity contribution in [2.75, 3.05) is 0 Å². The van der Waals surface area contributed by atoms with E-state index in [9.17, 15) is 0 Å². The fourth-order valence-corrected chi connectivity index (χ4v) is 2.90. The third kappa shape index (κ3) is 2.11. The average molecular weight is 365 g/mol. The molecule has 0 saturated heterocycles. The van der Waals surface area contributed by atoms with Crippen LogP contribution >= 0.6 is 0 Å². The van der Waals surface area contributed by atoms with E-state index in [0.717, 1.165) is 23.7 Å². The van der Waals surface area contributed by atoms with Gasteiger partial charge in [0.2, 0.25) is 0 Å². The summed E-state index contributed by atoms with van der Waals surface area (Å²) < 4.78 is 0. The van der Waals surface area contributed by atoms with Crippen LogP contribution in [0.1, 0.15) is 48.5 Å². The van der Waals surface area contributed by atoms with Crippen LogP contribution in [0.2, 0.25) is 0 Å². The van der Waals surface area contributed by atoms with Crippen molar-refractivity contribution in [1.29, 1.82) is 0 Å². The van der Waals surface area contributed by atoms with Gasteiger partial charge in [-0.05, 0) is 5.92 Å².